The van der Waals surface area contributed by atoms with Crippen molar-refractivity contribution in [1.29, 1.82) is 0 Å². The van der Waals surface area contributed by atoms with E-state index >= 15 is 0 Å². The summed E-state index contributed by atoms with van der Waals surface area (Å²) < 4.78 is 6.14. The summed E-state index contributed by atoms with van der Waals surface area (Å²) in [6, 6.07) is 0. The van der Waals surface area contributed by atoms with Gasteiger partial charge in [0.15, 0.2) is 0 Å². The second kappa shape index (κ2) is 4.68. The van der Waals surface area contributed by atoms with Gasteiger partial charge >= 0.3 is 0 Å². The molecule has 0 spiro atoms. The summed E-state index contributed by atoms with van der Waals surface area (Å²) in [6.45, 7) is 14.8. The number of hydrogen-bond acceptors (Lipinski definition) is 1. The van der Waals surface area contributed by atoms with Gasteiger partial charge in [-0.2, -0.15) is 0 Å². The molecule has 19 heavy (non-hydrogen) atoms. The third-order valence-corrected chi connectivity index (χ3v) is 6.24. The molecule has 106 valence electrons. The van der Waals surface area contributed by atoms with Crippen molar-refractivity contribution in [2.24, 2.45) is 35.5 Å². The average Bonchev–Trinajstić information content (AvgIpc) is 3.00. The number of ether oxygens (including phenoxy) is 1. The summed E-state index contributed by atoms with van der Waals surface area (Å²) in [5.74, 6) is 6.33. The monoisotopic (exact) mass is 260 g/mol. The first kappa shape index (κ1) is 13.3. The third-order valence-electron chi connectivity index (χ3n) is 6.24. The molecule has 0 aromatic rings. The third kappa shape index (κ3) is 1.97. The standard InChI is InChI=1S/C18H28O/c1-6-13-7-11(4)17-15-8-14(18(13)17)9-16(15)19-12(5)10(2)3/h11,13-18H,2,5-9H2,1,3-4H3. The number of rotatable bonds is 4. The molecule has 0 aromatic carbocycles. The van der Waals surface area contributed by atoms with Crippen LogP contribution >= 0.6 is 0 Å². The SMILES string of the molecule is C=C(C)C(=C)OC1CC2CC1C1C(C)CC(CC)C21. The summed E-state index contributed by atoms with van der Waals surface area (Å²) in [7, 11) is 0. The average molecular weight is 260 g/mol. The van der Waals surface area contributed by atoms with Crippen molar-refractivity contribution in [3.05, 3.63) is 24.5 Å². The van der Waals surface area contributed by atoms with Crippen LogP contribution in [0.5, 0.6) is 0 Å². The fraction of sp³-hybridized carbons (Fsp3) is 0.778. The predicted octanol–water partition coefficient (Wildman–Crippen LogP) is 4.80. The normalized spacial score (nSPS) is 47.2. The highest BCUT2D eigenvalue weighted by atomic mass is 16.5. The van der Waals surface area contributed by atoms with Crippen LogP contribution in [0.25, 0.3) is 0 Å². The van der Waals surface area contributed by atoms with E-state index in [0.717, 1.165) is 46.8 Å². The van der Waals surface area contributed by atoms with E-state index in [1.54, 1.807) is 0 Å². The Bertz CT molecular complexity index is 396. The van der Waals surface area contributed by atoms with E-state index < -0.39 is 0 Å². The summed E-state index contributed by atoms with van der Waals surface area (Å²) in [4.78, 5) is 0. The van der Waals surface area contributed by atoms with Crippen molar-refractivity contribution in [3.8, 4) is 0 Å². The Balaban J connectivity index is 1.73. The van der Waals surface area contributed by atoms with Gasteiger partial charge in [0, 0.05) is 0 Å². The first-order valence-electron chi connectivity index (χ1n) is 8.04. The largest absolute Gasteiger partial charge is 0.490 e. The topological polar surface area (TPSA) is 9.23 Å². The molecule has 3 saturated carbocycles. The predicted molar refractivity (Wildman–Crippen MR) is 79.6 cm³/mol. The van der Waals surface area contributed by atoms with Crippen LogP contribution in [-0.2, 0) is 4.74 Å². The highest BCUT2D eigenvalue weighted by Crippen LogP contribution is 2.63. The van der Waals surface area contributed by atoms with Crippen LogP contribution in [0.2, 0.25) is 0 Å². The molecule has 0 saturated heterocycles. The Kier molecular flexibility index (Phi) is 3.27. The molecule has 3 fully saturated rings. The van der Waals surface area contributed by atoms with E-state index in [9.17, 15) is 0 Å². The van der Waals surface area contributed by atoms with Gasteiger partial charge < -0.3 is 4.74 Å². The zero-order valence-electron chi connectivity index (χ0n) is 12.7. The van der Waals surface area contributed by atoms with Gasteiger partial charge in [-0.15, -0.1) is 0 Å². The maximum Gasteiger partial charge on any atom is 0.114 e. The Morgan fingerprint density at radius 1 is 1.16 bits per heavy atom. The van der Waals surface area contributed by atoms with Gasteiger partial charge in [0.2, 0.25) is 0 Å². The van der Waals surface area contributed by atoms with E-state index in [2.05, 4.69) is 27.0 Å². The van der Waals surface area contributed by atoms with Crippen LogP contribution in [0.4, 0.5) is 0 Å². The van der Waals surface area contributed by atoms with Gasteiger partial charge in [-0.3, -0.25) is 0 Å². The highest BCUT2D eigenvalue weighted by Gasteiger charge is 2.59. The molecule has 1 heteroatoms. The Morgan fingerprint density at radius 3 is 2.53 bits per heavy atom. The van der Waals surface area contributed by atoms with Crippen molar-refractivity contribution in [2.45, 2.75) is 52.6 Å². The number of fused-ring (bicyclic) bond motifs is 5. The summed E-state index contributed by atoms with van der Waals surface area (Å²) in [5.41, 5.74) is 0.977. The molecule has 0 N–H and O–H groups in total. The van der Waals surface area contributed by atoms with Crippen molar-refractivity contribution in [3.63, 3.8) is 0 Å². The van der Waals surface area contributed by atoms with Crippen molar-refractivity contribution in [2.75, 3.05) is 0 Å². The number of allylic oxidation sites excluding steroid dienone is 1. The Hall–Kier alpha value is -0.720. The zero-order valence-corrected chi connectivity index (χ0v) is 12.7. The molecular weight excluding hydrogens is 232 g/mol. The van der Waals surface area contributed by atoms with Gasteiger partial charge in [0.25, 0.3) is 0 Å². The molecule has 0 aliphatic heterocycles. The number of hydrogen-bond donors (Lipinski definition) is 0. The van der Waals surface area contributed by atoms with Crippen LogP contribution in [-0.4, -0.2) is 6.10 Å². The van der Waals surface area contributed by atoms with Crippen LogP contribution in [0, 0.1) is 35.5 Å². The van der Waals surface area contributed by atoms with Crippen LogP contribution in [0.15, 0.2) is 24.5 Å². The molecule has 2 bridgehead atoms. The lowest BCUT2D eigenvalue weighted by molar-refractivity contribution is 0.0208. The van der Waals surface area contributed by atoms with E-state index in [-0.39, 0.29) is 0 Å². The van der Waals surface area contributed by atoms with Gasteiger partial charge in [-0.25, -0.2) is 0 Å². The lowest BCUT2D eigenvalue weighted by Gasteiger charge is -2.35. The van der Waals surface area contributed by atoms with Crippen molar-refractivity contribution in [1.82, 2.24) is 0 Å². The Morgan fingerprint density at radius 2 is 1.89 bits per heavy atom. The summed E-state index contributed by atoms with van der Waals surface area (Å²) in [6.07, 6.45) is 5.92. The molecule has 7 atom stereocenters. The Labute approximate surface area is 118 Å². The van der Waals surface area contributed by atoms with E-state index in [4.69, 9.17) is 4.74 Å². The molecule has 1 nitrogen and oxygen atoms in total. The van der Waals surface area contributed by atoms with Crippen LogP contribution in [0.3, 0.4) is 0 Å². The van der Waals surface area contributed by atoms with Crippen LogP contribution < -0.4 is 0 Å². The lowest BCUT2D eigenvalue weighted by atomic mass is 9.74. The quantitative estimate of drug-likeness (QED) is 0.521. The van der Waals surface area contributed by atoms with E-state index in [0.29, 0.717) is 6.10 Å². The fourth-order valence-corrected chi connectivity index (χ4v) is 5.54. The fourth-order valence-electron chi connectivity index (χ4n) is 5.54. The molecular formula is C18H28O. The maximum atomic E-state index is 6.14. The van der Waals surface area contributed by atoms with Crippen LogP contribution in [0.1, 0.15) is 46.5 Å². The van der Waals surface area contributed by atoms with Gasteiger partial charge in [-0.05, 0) is 67.3 Å². The van der Waals surface area contributed by atoms with Crippen molar-refractivity contribution >= 4 is 0 Å². The first-order chi connectivity index (χ1) is 9.02. The smallest absolute Gasteiger partial charge is 0.114 e. The maximum absolute atomic E-state index is 6.14. The molecule has 0 aromatic heterocycles. The minimum Gasteiger partial charge on any atom is -0.490 e. The summed E-state index contributed by atoms with van der Waals surface area (Å²) >= 11 is 0. The molecule has 3 aliphatic rings. The zero-order chi connectivity index (χ0) is 13.7. The van der Waals surface area contributed by atoms with Gasteiger partial charge in [0.05, 0.1) is 0 Å². The van der Waals surface area contributed by atoms with Gasteiger partial charge in [-0.1, -0.05) is 33.4 Å². The van der Waals surface area contributed by atoms with Crippen molar-refractivity contribution < 1.29 is 4.74 Å². The second-order valence-electron chi connectivity index (χ2n) is 7.29. The molecule has 0 radical (unpaired) electrons. The molecule has 7 unspecified atom stereocenters. The minimum absolute atomic E-state index is 0.425. The lowest BCUT2D eigenvalue weighted by Crippen LogP contribution is -2.33. The van der Waals surface area contributed by atoms with E-state index in [1.165, 1.54) is 25.7 Å². The van der Waals surface area contributed by atoms with Gasteiger partial charge in [0.1, 0.15) is 11.9 Å². The minimum atomic E-state index is 0.425. The summed E-state index contributed by atoms with van der Waals surface area (Å²) in [5, 5.41) is 0. The first-order valence-corrected chi connectivity index (χ1v) is 8.04. The molecule has 3 aliphatic carbocycles. The molecule has 0 amide bonds. The highest BCUT2D eigenvalue weighted by molar-refractivity contribution is 5.18. The second-order valence-corrected chi connectivity index (χ2v) is 7.29. The van der Waals surface area contributed by atoms with E-state index in [1.807, 2.05) is 6.92 Å². The molecule has 3 rings (SSSR count). The molecule has 0 heterocycles.